The van der Waals surface area contributed by atoms with Crippen molar-refractivity contribution < 1.29 is 28.0 Å². The third-order valence-corrected chi connectivity index (χ3v) is 5.52. The van der Waals surface area contributed by atoms with Crippen molar-refractivity contribution in [2.45, 2.75) is 32.0 Å². The molecule has 9 heteroatoms. The number of halogens is 2. The standard InChI is InChI=1S/C22H19F2N3O4/c1-26(10-12-2-5-16(23)17(24)8-12)21(30)13-3-4-15-14(9-13)11-27(22(15)31)18-6-7-19(28)25-20(18)29/h2-5,8-9,18H,6-7,10-11H2,1H3,(H,25,28,29). The van der Waals surface area contributed by atoms with E-state index in [0.29, 0.717) is 22.3 Å². The van der Waals surface area contributed by atoms with Crippen LogP contribution in [0, 0.1) is 11.6 Å². The van der Waals surface area contributed by atoms with Crippen LogP contribution in [0.15, 0.2) is 36.4 Å². The fourth-order valence-electron chi connectivity index (χ4n) is 3.91. The highest BCUT2D eigenvalue weighted by Gasteiger charge is 2.39. The predicted octanol–water partition coefficient (Wildman–Crippen LogP) is 2.00. The number of imide groups is 1. The van der Waals surface area contributed by atoms with Gasteiger partial charge in [0.05, 0.1) is 0 Å². The SMILES string of the molecule is CN(Cc1ccc(F)c(F)c1)C(=O)c1ccc2c(c1)CN(C1CCC(=O)NC1=O)C2=O. The number of rotatable bonds is 4. The van der Waals surface area contributed by atoms with Crippen molar-refractivity contribution in [1.82, 2.24) is 15.1 Å². The number of benzene rings is 2. The molecule has 1 fully saturated rings. The maximum Gasteiger partial charge on any atom is 0.255 e. The van der Waals surface area contributed by atoms with Gasteiger partial charge in [0, 0.05) is 37.7 Å². The van der Waals surface area contributed by atoms with Crippen molar-refractivity contribution in [2.75, 3.05) is 7.05 Å². The molecule has 0 radical (unpaired) electrons. The predicted molar refractivity (Wildman–Crippen MR) is 105 cm³/mol. The van der Waals surface area contributed by atoms with Gasteiger partial charge >= 0.3 is 0 Å². The van der Waals surface area contributed by atoms with Crippen LogP contribution >= 0.6 is 0 Å². The van der Waals surface area contributed by atoms with E-state index in [4.69, 9.17) is 0 Å². The summed E-state index contributed by atoms with van der Waals surface area (Å²) in [5, 5.41) is 2.25. The number of fused-ring (bicyclic) bond motifs is 1. The van der Waals surface area contributed by atoms with E-state index in [1.165, 1.54) is 29.0 Å². The Kier molecular flexibility index (Phi) is 5.26. The largest absolute Gasteiger partial charge is 0.337 e. The van der Waals surface area contributed by atoms with Gasteiger partial charge in [0.15, 0.2) is 11.6 Å². The zero-order valence-corrected chi connectivity index (χ0v) is 16.7. The molecule has 31 heavy (non-hydrogen) atoms. The lowest BCUT2D eigenvalue weighted by Gasteiger charge is -2.29. The summed E-state index contributed by atoms with van der Waals surface area (Å²) in [6.45, 7) is 0.239. The van der Waals surface area contributed by atoms with Gasteiger partial charge < -0.3 is 9.80 Å². The summed E-state index contributed by atoms with van der Waals surface area (Å²) in [6, 6.07) is 7.39. The molecule has 4 amide bonds. The fourth-order valence-corrected chi connectivity index (χ4v) is 3.91. The van der Waals surface area contributed by atoms with Gasteiger partial charge in [-0.3, -0.25) is 24.5 Å². The zero-order valence-electron chi connectivity index (χ0n) is 16.7. The first-order valence-corrected chi connectivity index (χ1v) is 9.71. The normalized spacial score (nSPS) is 18.1. The summed E-state index contributed by atoms with van der Waals surface area (Å²) >= 11 is 0. The van der Waals surface area contributed by atoms with Gasteiger partial charge in [-0.15, -0.1) is 0 Å². The van der Waals surface area contributed by atoms with Gasteiger partial charge in [0.25, 0.3) is 11.8 Å². The quantitative estimate of drug-likeness (QED) is 0.757. The molecule has 1 atom stereocenters. The van der Waals surface area contributed by atoms with Gasteiger partial charge in [0.1, 0.15) is 6.04 Å². The van der Waals surface area contributed by atoms with Crippen LogP contribution in [0.25, 0.3) is 0 Å². The Balaban J connectivity index is 1.49. The first kappa shape index (κ1) is 20.6. The molecule has 160 valence electrons. The molecule has 1 unspecified atom stereocenters. The van der Waals surface area contributed by atoms with E-state index in [-0.39, 0.29) is 43.7 Å². The fraction of sp³-hybridized carbons (Fsp3) is 0.273. The van der Waals surface area contributed by atoms with Crippen LogP contribution in [0.5, 0.6) is 0 Å². The number of piperidine rings is 1. The van der Waals surface area contributed by atoms with Crippen LogP contribution in [0.2, 0.25) is 0 Å². The molecule has 4 rings (SSSR count). The lowest BCUT2D eigenvalue weighted by atomic mass is 10.0. The van der Waals surface area contributed by atoms with Crippen LogP contribution in [-0.2, 0) is 22.7 Å². The van der Waals surface area contributed by atoms with Crippen LogP contribution < -0.4 is 5.32 Å². The molecule has 1 saturated heterocycles. The number of carbonyl (C=O) groups excluding carboxylic acids is 4. The molecule has 0 aromatic heterocycles. The second-order valence-corrected chi connectivity index (χ2v) is 7.68. The van der Waals surface area contributed by atoms with E-state index in [1.54, 1.807) is 12.1 Å². The van der Waals surface area contributed by atoms with Crippen molar-refractivity contribution in [3.8, 4) is 0 Å². The Labute approximate surface area is 176 Å². The van der Waals surface area contributed by atoms with E-state index in [1.807, 2.05) is 0 Å². The topological polar surface area (TPSA) is 86.8 Å². The van der Waals surface area contributed by atoms with Gasteiger partial charge in [-0.2, -0.15) is 0 Å². The Morgan fingerprint density at radius 2 is 1.90 bits per heavy atom. The molecule has 0 aliphatic carbocycles. The number of carbonyl (C=O) groups is 4. The van der Waals surface area contributed by atoms with Crippen LogP contribution in [0.3, 0.4) is 0 Å². The van der Waals surface area contributed by atoms with Gasteiger partial charge in [0.2, 0.25) is 11.8 Å². The van der Waals surface area contributed by atoms with Crippen molar-refractivity contribution >= 4 is 23.6 Å². The van der Waals surface area contributed by atoms with Crippen LogP contribution in [-0.4, -0.2) is 46.5 Å². The molecular formula is C22H19F2N3O4. The van der Waals surface area contributed by atoms with E-state index in [0.717, 1.165) is 12.1 Å². The molecule has 0 bridgehead atoms. The third-order valence-electron chi connectivity index (χ3n) is 5.52. The first-order chi connectivity index (χ1) is 14.7. The van der Waals surface area contributed by atoms with Gasteiger partial charge in [-0.05, 0) is 47.9 Å². The van der Waals surface area contributed by atoms with Crippen molar-refractivity contribution in [3.05, 3.63) is 70.3 Å². The number of hydrogen-bond acceptors (Lipinski definition) is 4. The van der Waals surface area contributed by atoms with Crippen molar-refractivity contribution in [1.29, 1.82) is 0 Å². The van der Waals surface area contributed by atoms with Crippen LogP contribution in [0.4, 0.5) is 8.78 Å². The highest BCUT2D eigenvalue weighted by atomic mass is 19.2. The second kappa shape index (κ2) is 7.90. The smallest absolute Gasteiger partial charge is 0.255 e. The number of amides is 4. The molecule has 0 saturated carbocycles. The molecule has 2 aromatic carbocycles. The van der Waals surface area contributed by atoms with E-state index in [9.17, 15) is 28.0 Å². The minimum absolute atomic E-state index is 0.0778. The lowest BCUT2D eigenvalue weighted by Crippen LogP contribution is -2.52. The molecule has 0 spiro atoms. The summed E-state index contributed by atoms with van der Waals surface area (Å²) in [7, 11) is 1.54. The highest BCUT2D eigenvalue weighted by Crippen LogP contribution is 2.28. The minimum Gasteiger partial charge on any atom is -0.337 e. The molecule has 2 aliphatic heterocycles. The summed E-state index contributed by atoms with van der Waals surface area (Å²) in [5.74, 6) is -3.47. The summed E-state index contributed by atoms with van der Waals surface area (Å²) < 4.78 is 26.5. The Morgan fingerprint density at radius 1 is 1.13 bits per heavy atom. The maximum absolute atomic E-state index is 13.4. The number of nitrogens with one attached hydrogen (secondary N) is 1. The van der Waals surface area contributed by atoms with E-state index < -0.39 is 23.6 Å². The van der Waals surface area contributed by atoms with E-state index >= 15 is 0 Å². The number of hydrogen-bond donors (Lipinski definition) is 1. The third kappa shape index (κ3) is 3.90. The monoisotopic (exact) mass is 427 g/mol. The number of nitrogens with zero attached hydrogens (tertiary/aromatic N) is 2. The van der Waals surface area contributed by atoms with E-state index in [2.05, 4.69) is 5.32 Å². The van der Waals surface area contributed by atoms with Crippen molar-refractivity contribution in [3.63, 3.8) is 0 Å². The highest BCUT2D eigenvalue weighted by molar-refractivity contribution is 6.06. The van der Waals surface area contributed by atoms with Crippen LogP contribution in [0.1, 0.15) is 44.7 Å². The minimum atomic E-state index is -0.983. The lowest BCUT2D eigenvalue weighted by molar-refractivity contribution is -0.136. The molecular weight excluding hydrogens is 408 g/mol. The van der Waals surface area contributed by atoms with Gasteiger partial charge in [-0.25, -0.2) is 8.78 Å². The average Bonchev–Trinajstić information content (AvgIpc) is 3.06. The molecule has 7 nitrogen and oxygen atoms in total. The Morgan fingerprint density at radius 3 is 2.61 bits per heavy atom. The van der Waals surface area contributed by atoms with Gasteiger partial charge in [-0.1, -0.05) is 6.07 Å². The summed E-state index contributed by atoms with van der Waals surface area (Å²) in [4.78, 5) is 51.8. The second-order valence-electron chi connectivity index (χ2n) is 7.68. The molecule has 2 aliphatic rings. The summed E-state index contributed by atoms with van der Waals surface area (Å²) in [6.07, 6.45) is 0.419. The Bertz CT molecular complexity index is 1120. The van der Waals surface area contributed by atoms with Crippen molar-refractivity contribution in [2.24, 2.45) is 0 Å². The molecule has 2 heterocycles. The first-order valence-electron chi connectivity index (χ1n) is 9.71. The molecule has 2 aromatic rings. The zero-order chi connectivity index (χ0) is 22.3. The molecule has 1 N–H and O–H groups in total. The maximum atomic E-state index is 13.4. The summed E-state index contributed by atoms with van der Waals surface area (Å²) in [5.41, 5.74) is 1.79. The Hall–Kier alpha value is -3.62. The average molecular weight is 427 g/mol.